The monoisotopic (exact) mass is 745 g/mol. The van der Waals surface area contributed by atoms with E-state index in [-0.39, 0.29) is 10.8 Å². The molecule has 2 atom stereocenters. The number of fused-ring (bicyclic) bond motifs is 8. The van der Waals surface area contributed by atoms with Crippen LogP contribution in [-0.2, 0) is 10.8 Å². The van der Waals surface area contributed by atoms with Gasteiger partial charge in [-0.15, -0.1) is 0 Å². The summed E-state index contributed by atoms with van der Waals surface area (Å²) in [5, 5.41) is 10.3. The summed E-state index contributed by atoms with van der Waals surface area (Å²) in [5.74, 6) is 0.554. The largest absolute Gasteiger partial charge is 0.310 e. The summed E-state index contributed by atoms with van der Waals surface area (Å²) in [5.41, 5.74) is 13.0. The number of anilines is 2. The van der Waals surface area contributed by atoms with E-state index in [1.807, 2.05) is 0 Å². The van der Waals surface area contributed by atoms with Crippen LogP contribution in [0.5, 0.6) is 0 Å². The first-order chi connectivity index (χ1) is 28.3. The quantitative estimate of drug-likeness (QED) is 0.159. The van der Waals surface area contributed by atoms with Gasteiger partial charge in [0, 0.05) is 27.8 Å². The summed E-state index contributed by atoms with van der Waals surface area (Å²) in [6.07, 6.45) is 14.1. The van der Waals surface area contributed by atoms with Crippen LogP contribution in [0, 0.1) is 5.92 Å². The van der Waals surface area contributed by atoms with E-state index in [0.717, 1.165) is 12.8 Å². The molecule has 3 aliphatic carbocycles. The topological polar surface area (TPSA) is 3.24 Å². The van der Waals surface area contributed by atoms with Crippen LogP contribution in [0.2, 0.25) is 0 Å². The van der Waals surface area contributed by atoms with Gasteiger partial charge in [-0.25, -0.2) is 0 Å². The van der Waals surface area contributed by atoms with Crippen LogP contribution in [-0.4, -0.2) is 0 Å². The van der Waals surface area contributed by atoms with Gasteiger partial charge in [-0.2, -0.15) is 0 Å². The van der Waals surface area contributed by atoms with E-state index in [0.29, 0.717) is 5.92 Å². The van der Waals surface area contributed by atoms with Gasteiger partial charge in [0.05, 0.1) is 5.69 Å². The molecular formula is C57H47N. The Bertz CT molecular complexity index is 3130. The Kier molecular flexibility index (Phi) is 7.82. The van der Waals surface area contributed by atoms with Crippen molar-refractivity contribution in [3.8, 4) is 11.1 Å². The molecule has 0 radical (unpaired) electrons. The van der Waals surface area contributed by atoms with E-state index in [2.05, 4.69) is 215 Å². The van der Waals surface area contributed by atoms with Crippen molar-refractivity contribution in [3.05, 3.63) is 210 Å². The van der Waals surface area contributed by atoms with Crippen LogP contribution < -0.4 is 4.90 Å². The van der Waals surface area contributed by atoms with Crippen LogP contribution in [0.25, 0.3) is 59.8 Å². The van der Waals surface area contributed by atoms with Crippen LogP contribution in [0.4, 0.5) is 11.4 Å². The van der Waals surface area contributed by atoms with Gasteiger partial charge in [-0.3, -0.25) is 0 Å². The minimum Gasteiger partial charge on any atom is -0.310 e. The van der Waals surface area contributed by atoms with E-state index in [1.165, 1.54) is 99.1 Å². The summed E-state index contributed by atoms with van der Waals surface area (Å²) >= 11 is 0. The van der Waals surface area contributed by atoms with Gasteiger partial charge in [0.1, 0.15) is 0 Å². The minimum absolute atomic E-state index is 0.0675. The van der Waals surface area contributed by atoms with Crippen LogP contribution in [0.1, 0.15) is 57.2 Å². The number of hydrogen-bond acceptors (Lipinski definition) is 1. The van der Waals surface area contributed by atoms with Gasteiger partial charge in [0.2, 0.25) is 0 Å². The number of para-hydroxylation sites is 1. The molecule has 8 aromatic rings. The lowest BCUT2D eigenvalue weighted by atomic mass is 9.76. The van der Waals surface area contributed by atoms with E-state index in [4.69, 9.17) is 0 Å². The third-order valence-corrected chi connectivity index (χ3v) is 13.6. The third kappa shape index (κ3) is 5.37. The Labute approximate surface area is 342 Å². The number of allylic oxidation sites excluding steroid dienone is 7. The molecule has 0 heterocycles. The van der Waals surface area contributed by atoms with Crippen molar-refractivity contribution >= 4 is 60.0 Å². The highest BCUT2D eigenvalue weighted by Gasteiger charge is 2.39. The van der Waals surface area contributed by atoms with Gasteiger partial charge in [0.15, 0.2) is 0 Å². The summed E-state index contributed by atoms with van der Waals surface area (Å²) in [4.78, 5) is 2.52. The molecule has 1 nitrogen and oxygen atoms in total. The normalized spacial score (nSPS) is 19.5. The summed E-state index contributed by atoms with van der Waals surface area (Å²) in [7, 11) is 0. The zero-order valence-corrected chi connectivity index (χ0v) is 33.8. The van der Waals surface area contributed by atoms with Crippen molar-refractivity contribution in [2.45, 2.75) is 51.4 Å². The number of nitrogens with zero attached hydrogens (tertiary/aromatic N) is 1. The first-order valence-corrected chi connectivity index (χ1v) is 20.9. The molecular weight excluding hydrogens is 699 g/mol. The molecule has 0 aliphatic heterocycles. The Morgan fingerprint density at radius 2 is 1.22 bits per heavy atom. The fourth-order valence-electron chi connectivity index (χ4n) is 10.4. The highest BCUT2D eigenvalue weighted by Crippen LogP contribution is 2.53. The van der Waals surface area contributed by atoms with E-state index in [1.54, 1.807) is 0 Å². The van der Waals surface area contributed by atoms with Gasteiger partial charge in [-0.05, 0) is 120 Å². The molecule has 3 aliphatic rings. The lowest BCUT2D eigenvalue weighted by Gasteiger charge is -2.35. The molecule has 280 valence electrons. The van der Waals surface area contributed by atoms with Crippen molar-refractivity contribution in [2.24, 2.45) is 5.92 Å². The molecule has 2 unspecified atom stereocenters. The van der Waals surface area contributed by atoms with Crippen molar-refractivity contribution < 1.29 is 0 Å². The molecule has 0 amide bonds. The highest BCUT2D eigenvalue weighted by molar-refractivity contribution is 6.17. The first-order valence-electron chi connectivity index (χ1n) is 20.9. The second kappa shape index (κ2) is 13.0. The summed E-state index contributed by atoms with van der Waals surface area (Å²) in [6.45, 7) is 9.55. The van der Waals surface area contributed by atoms with E-state index >= 15 is 0 Å². The van der Waals surface area contributed by atoms with Crippen LogP contribution >= 0.6 is 0 Å². The molecule has 58 heavy (non-hydrogen) atoms. The highest BCUT2D eigenvalue weighted by atomic mass is 15.1. The average molecular weight is 746 g/mol. The predicted molar refractivity (Wildman–Crippen MR) is 249 cm³/mol. The Balaban J connectivity index is 1.02. The molecule has 11 rings (SSSR count). The molecule has 8 aromatic carbocycles. The maximum absolute atomic E-state index is 2.52. The molecule has 0 aromatic heterocycles. The fourth-order valence-corrected chi connectivity index (χ4v) is 10.4. The lowest BCUT2D eigenvalue weighted by Crippen LogP contribution is -2.25. The zero-order chi connectivity index (χ0) is 39.2. The number of benzene rings is 8. The summed E-state index contributed by atoms with van der Waals surface area (Å²) < 4.78 is 0. The molecule has 1 heteroatoms. The van der Waals surface area contributed by atoms with Crippen LogP contribution in [0.15, 0.2) is 193 Å². The molecule has 0 bridgehead atoms. The van der Waals surface area contributed by atoms with E-state index in [9.17, 15) is 0 Å². The summed E-state index contributed by atoms with van der Waals surface area (Å²) in [6, 6.07) is 56.7. The van der Waals surface area contributed by atoms with Gasteiger partial charge < -0.3 is 4.90 Å². The fraction of sp³-hybridized carbons (Fsp3) is 0.158. The second-order valence-electron chi connectivity index (χ2n) is 17.6. The smallest absolute Gasteiger partial charge is 0.0540 e. The second-order valence-corrected chi connectivity index (χ2v) is 17.6. The third-order valence-electron chi connectivity index (χ3n) is 13.6. The maximum atomic E-state index is 2.52. The zero-order valence-electron chi connectivity index (χ0n) is 33.8. The minimum atomic E-state index is -0.150. The first kappa shape index (κ1) is 34.8. The van der Waals surface area contributed by atoms with Crippen molar-refractivity contribution in [2.75, 3.05) is 4.90 Å². The molecule has 0 spiro atoms. The molecule has 0 fully saturated rings. The van der Waals surface area contributed by atoms with Gasteiger partial charge >= 0.3 is 0 Å². The molecule has 0 saturated heterocycles. The standard InChI is InChI=1S/C57H47N/c1-37-20-29-53-52(34-37)50-28-24-43(36-54(50)56(53,2)3)58(55-19-10-9-17-51(55)47-18-11-14-38-12-5-7-15-44(38)47)42-30-32-57(4,33-31-42)41-23-27-46-40(35-41)22-26-48-45-16-8-6-13-39(45)21-25-49(46)48/h5-32,35-37H,33-34H2,1-4H3. The molecule has 0 saturated carbocycles. The predicted octanol–water partition coefficient (Wildman–Crippen LogP) is 15.5. The van der Waals surface area contributed by atoms with Crippen molar-refractivity contribution in [1.82, 2.24) is 0 Å². The van der Waals surface area contributed by atoms with Gasteiger partial charge in [0.25, 0.3) is 0 Å². The Morgan fingerprint density at radius 3 is 2.03 bits per heavy atom. The average Bonchev–Trinajstić information content (AvgIpc) is 3.48. The van der Waals surface area contributed by atoms with Gasteiger partial charge in [-0.1, -0.05) is 185 Å². The number of rotatable bonds is 5. The van der Waals surface area contributed by atoms with Crippen LogP contribution in [0.3, 0.4) is 0 Å². The maximum Gasteiger partial charge on any atom is 0.0540 e. The lowest BCUT2D eigenvalue weighted by molar-refractivity contribution is 0.596. The van der Waals surface area contributed by atoms with Crippen molar-refractivity contribution in [1.29, 1.82) is 0 Å². The SMILES string of the molecule is CC1C=CC2=C(C1)c1ccc(N(C3=CCC(C)(c4ccc5c(ccc6c7ccccc7ccc56)c4)C=C3)c3ccccc3-c3cccc4ccccc34)cc1C2(C)C. The number of hydrogen-bond donors (Lipinski definition) is 0. The van der Waals surface area contributed by atoms with E-state index < -0.39 is 0 Å². The Hall–Kier alpha value is -6.44. The Morgan fingerprint density at radius 1 is 0.552 bits per heavy atom. The van der Waals surface area contributed by atoms with Crippen molar-refractivity contribution in [3.63, 3.8) is 0 Å². The molecule has 0 N–H and O–H groups in total.